The van der Waals surface area contributed by atoms with E-state index in [-0.39, 0.29) is 0 Å². The van der Waals surface area contributed by atoms with Gasteiger partial charge in [-0.3, -0.25) is 4.68 Å². The largest absolute Gasteiger partial charge is 0.312 e. The molecule has 0 unspecified atom stereocenters. The molecule has 8 heteroatoms. The molecule has 118 valence electrons. The predicted octanol–water partition coefficient (Wildman–Crippen LogP) is 1.59. The molecule has 0 saturated heterocycles. The van der Waals surface area contributed by atoms with Crippen LogP contribution in [0.3, 0.4) is 0 Å². The average molecular weight is 316 g/mol. The Hall–Kier alpha value is -2.61. The van der Waals surface area contributed by atoms with E-state index in [0.717, 1.165) is 36.4 Å². The fourth-order valence-corrected chi connectivity index (χ4v) is 2.84. The van der Waals surface area contributed by atoms with Gasteiger partial charge in [0, 0.05) is 38.2 Å². The van der Waals surface area contributed by atoms with E-state index in [1.54, 1.807) is 22.6 Å². The molecule has 3 aromatic rings. The summed E-state index contributed by atoms with van der Waals surface area (Å²) in [6.45, 7) is 1.47. The number of halogens is 2. The summed E-state index contributed by atoms with van der Waals surface area (Å²) in [4.78, 5) is 0. The number of fused-ring (bicyclic) bond motifs is 1. The van der Waals surface area contributed by atoms with Crippen molar-refractivity contribution in [2.24, 2.45) is 7.05 Å². The van der Waals surface area contributed by atoms with E-state index >= 15 is 0 Å². The third-order valence-electron chi connectivity index (χ3n) is 3.92. The monoisotopic (exact) mass is 316 g/mol. The Bertz CT molecular complexity index is 882. The predicted molar refractivity (Wildman–Crippen MR) is 78.9 cm³/mol. The van der Waals surface area contributed by atoms with Crippen molar-refractivity contribution in [1.29, 1.82) is 0 Å². The minimum absolute atomic E-state index is 0.497. The Morgan fingerprint density at radius 3 is 2.83 bits per heavy atom. The zero-order valence-electron chi connectivity index (χ0n) is 12.4. The van der Waals surface area contributed by atoms with E-state index in [4.69, 9.17) is 0 Å². The molecule has 1 aromatic carbocycles. The van der Waals surface area contributed by atoms with Gasteiger partial charge in [0.15, 0.2) is 11.6 Å². The lowest BCUT2D eigenvalue weighted by Crippen LogP contribution is -2.24. The van der Waals surface area contributed by atoms with Gasteiger partial charge in [0.25, 0.3) is 0 Å². The van der Waals surface area contributed by atoms with Crippen LogP contribution in [0.15, 0.2) is 24.4 Å². The number of rotatable bonds is 2. The molecule has 4 rings (SSSR count). The Kier molecular flexibility index (Phi) is 3.19. The van der Waals surface area contributed by atoms with E-state index in [1.807, 2.05) is 0 Å². The van der Waals surface area contributed by atoms with E-state index in [1.165, 1.54) is 6.07 Å². The molecule has 6 nitrogen and oxygen atoms in total. The van der Waals surface area contributed by atoms with Crippen molar-refractivity contribution in [2.75, 3.05) is 6.54 Å². The van der Waals surface area contributed by atoms with Gasteiger partial charge in [-0.1, -0.05) is 5.21 Å². The van der Waals surface area contributed by atoms with Crippen LogP contribution in [0.4, 0.5) is 8.78 Å². The molecule has 0 radical (unpaired) electrons. The first kappa shape index (κ1) is 14.0. The zero-order chi connectivity index (χ0) is 16.0. The molecule has 1 aliphatic rings. The topological polar surface area (TPSA) is 60.6 Å². The van der Waals surface area contributed by atoms with Crippen LogP contribution < -0.4 is 5.32 Å². The number of aryl methyl sites for hydroxylation is 1. The average Bonchev–Trinajstić information content (AvgIpc) is 3.14. The minimum Gasteiger partial charge on any atom is -0.312 e. The van der Waals surface area contributed by atoms with Crippen LogP contribution in [0.2, 0.25) is 0 Å². The third-order valence-corrected chi connectivity index (χ3v) is 3.92. The highest BCUT2D eigenvalue weighted by Crippen LogP contribution is 2.28. The molecule has 2 aromatic heterocycles. The number of benzene rings is 1. The highest BCUT2D eigenvalue weighted by Gasteiger charge is 2.24. The summed E-state index contributed by atoms with van der Waals surface area (Å²) in [6, 6.07) is 3.79. The summed E-state index contributed by atoms with van der Waals surface area (Å²) >= 11 is 0. The summed E-state index contributed by atoms with van der Waals surface area (Å²) in [7, 11) is 1.79. The van der Waals surface area contributed by atoms with Crippen LogP contribution in [0, 0.1) is 11.6 Å². The first-order valence-corrected chi connectivity index (χ1v) is 7.27. The standard InChI is InChI=1S/C15H14F2N6/c1-22-8-13(19-21-22)15-10-7-18-5-4-14(10)23(20-15)9-2-3-11(16)12(17)6-9/h2-3,6,8,18H,4-5,7H2,1H3. The van der Waals surface area contributed by atoms with Crippen molar-refractivity contribution in [1.82, 2.24) is 30.1 Å². The molecular formula is C15H14F2N6. The summed E-state index contributed by atoms with van der Waals surface area (Å²) in [5.41, 5.74) is 3.87. The van der Waals surface area contributed by atoms with Crippen molar-refractivity contribution in [3.05, 3.63) is 47.3 Å². The second-order valence-corrected chi connectivity index (χ2v) is 5.49. The van der Waals surface area contributed by atoms with Crippen LogP contribution >= 0.6 is 0 Å². The maximum Gasteiger partial charge on any atom is 0.160 e. The minimum atomic E-state index is -0.887. The highest BCUT2D eigenvalue weighted by molar-refractivity contribution is 5.60. The van der Waals surface area contributed by atoms with Crippen molar-refractivity contribution >= 4 is 0 Å². The van der Waals surface area contributed by atoms with E-state index in [9.17, 15) is 8.78 Å². The van der Waals surface area contributed by atoms with Crippen LogP contribution in [-0.4, -0.2) is 31.3 Å². The Morgan fingerprint density at radius 2 is 2.09 bits per heavy atom. The molecule has 0 fully saturated rings. The van der Waals surface area contributed by atoms with Crippen LogP contribution in [0.25, 0.3) is 17.1 Å². The molecule has 0 bridgehead atoms. The van der Waals surface area contributed by atoms with Gasteiger partial charge >= 0.3 is 0 Å². The van der Waals surface area contributed by atoms with E-state index < -0.39 is 11.6 Å². The molecule has 0 saturated carbocycles. The van der Waals surface area contributed by atoms with Gasteiger partial charge in [-0.05, 0) is 12.1 Å². The Labute approximate surface area is 130 Å². The maximum atomic E-state index is 13.6. The maximum absolute atomic E-state index is 13.6. The van der Waals surface area contributed by atoms with Gasteiger partial charge in [0.05, 0.1) is 17.6 Å². The fourth-order valence-electron chi connectivity index (χ4n) is 2.84. The number of hydrogen-bond acceptors (Lipinski definition) is 4. The van der Waals surface area contributed by atoms with E-state index in [2.05, 4.69) is 20.7 Å². The van der Waals surface area contributed by atoms with Crippen molar-refractivity contribution in [3.8, 4) is 17.1 Å². The van der Waals surface area contributed by atoms with Gasteiger partial charge < -0.3 is 5.32 Å². The number of nitrogens with zero attached hydrogens (tertiary/aromatic N) is 5. The Morgan fingerprint density at radius 1 is 1.22 bits per heavy atom. The molecule has 1 N–H and O–H groups in total. The Balaban J connectivity index is 1.90. The molecule has 0 amide bonds. The van der Waals surface area contributed by atoms with Crippen molar-refractivity contribution in [3.63, 3.8) is 0 Å². The number of nitrogens with one attached hydrogen (secondary N) is 1. The first-order valence-electron chi connectivity index (χ1n) is 7.27. The molecular weight excluding hydrogens is 302 g/mol. The SMILES string of the molecule is Cn1cc(-c2nn(-c3ccc(F)c(F)c3)c3c2CNCC3)nn1. The molecule has 0 spiro atoms. The van der Waals surface area contributed by atoms with Crippen molar-refractivity contribution in [2.45, 2.75) is 13.0 Å². The second-order valence-electron chi connectivity index (χ2n) is 5.49. The molecule has 3 heterocycles. The van der Waals surface area contributed by atoms with Gasteiger partial charge in [-0.25, -0.2) is 13.5 Å². The van der Waals surface area contributed by atoms with Gasteiger partial charge in [-0.2, -0.15) is 5.10 Å². The molecule has 0 aliphatic carbocycles. The second kappa shape index (κ2) is 5.24. The lowest BCUT2D eigenvalue weighted by Gasteiger charge is -2.15. The summed E-state index contributed by atoms with van der Waals surface area (Å²) in [5, 5.41) is 15.9. The lowest BCUT2D eigenvalue weighted by molar-refractivity contribution is 0.507. The van der Waals surface area contributed by atoms with Crippen LogP contribution in [0.5, 0.6) is 0 Å². The molecule has 23 heavy (non-hydrogen) atoms. The smallest absolute Gasteiger partial charge is 0.160 e. The van der Waals surface area contributed by atoms with E-state index in [0.29, 0.717) is 23.6 Å². The first-order chi connectivity index (χ1) is 11.1. The third kappa shape index (κ3) is 2.31. The van der Waals surface area contributed by atoms with Gasteiger partial charge in [0.2, 0.25) is 0 Å². The van der Waals surface area contributed by atoms with Gasteiger partial charge in [-0.15, -0.1) is 5.10 Å². The number of hydrogen-bond donors (Lipinski definition) is 1. The zero-order valence-corrected chi connectivity index (χ0v) is 12.4. The fraction of sp³-hybridized carbons (Fsp3) is 0.267. The summed E-state index contributed by atoms with van der Waals surface area (Å²) < 4.78 is 30.0. The quantitative estimate of drug-likeness (QED) is 0.780. The molecule has 1 aliphatic heterocycles. The van der Waals surface area contributed by atoms with Crippen molar-refractivity contribution < 1.29 is 8.78 Å². The van der Waals surface area contributed by atoms with Gasteiger partial charge in [0.1, 0.15) is 11.4 Å². The lowest BCUT2D eigenvalue weighted by atomic mass is 10.1. The van der Waals surface area contributed by atoms with Crippen LogP contribution in [0.1, 0.15) is 11.3 Å². The van der Waals surface area contributed by atoms with Crippen LogP contribution in [-0.2, 0) is 20.0 Å². The number of aromatic nitrogens is 5. The molecule has 0 atom stereocenters. The normalized spacial score (nSPS) is 14.0. The summed E-state index contributed by atoms with van der Waals surface area (Å²) in [5.74, 6) is -1.76. The highest BCUT2D eigenvalue weighted by atomic mass is 19.2. The summed E-state index contributed by atoms with van der Waals surface area (Å²) in [6.07, 6.45) is 2.54.